The average Bonchev–Trinajstić information content (AvgIpc) is 2.84. The topological polar surface area (TPSA) is 78.5 Å². The van der Waals surface area contributed by atoms with Gasteiger partial charge in [-0.3, -0.25) is 4.79 Å². The molecule has 1 aromatic carbocycles. The smallest absolute Gasteiger partial charge is 0.270 e. The lowest BCUT2D eigenvalue weighted by molar-refractivity contribution is -0.351. The molecule has 0 fully saturated rings. The fourth-order valence-electron chi connectivity index (χ4n) is 2.66. The molecule has 2 aromatic heterocycles. The van der Waals surface area contributed by atoms with Gasteiger partial charge in [-0.15, -0.1) is 0 Å². The van der Waals surface area contributed by atoms with Crippen molar-refractivity contribution in [3.05, 3.63) is 45.4 Å². The number of nitrogens with one attached hydrogen (secondary N) is 2. The van der Waals surface area contributed by atoms with Crippen LogP contribution in [0.4, 0.5) is 11.4 Å². The molecule has 0 bridgehead atoms. The summed E-state index contributed by atoms with van der Waals surface area (Å²) in [6.07, 6.45) is 0. The molecule has 0 saturated carbocycles. The molecule has 0 aliphatic heterocycles. The van der Waals surface area contributed by atoms with E-state index in [1.807, 2.05) is 19.9 Å². The van der Waals surface area contributed by atoms with Crippen molar-refractivity contribution in [3.8, 4) is 5.75 Å². The van der Waals surface area contributed by atoms with Crippen LogP contribution in [-0.2, 0) is 0 Å². The number of nitrogen functional groups attached to an aromatic ring is 1. The molecule has 0 unspecified atom stereocenters. The van der Waals surface area contributed by atoms with Crippen molar-refractivity contribution in [2.24, 2.45) is 0 Å². The Morgan fingerprint density at radius 3 is 2.79 bits per heavy atom. The Morgan fingerprint density at radius 2 is 2.08 bits per heavy atom. The van der Waals surface area contributed by atoms with E-state index >= 15 is 0 Å². The Morgan fingerprint density at radius 1 is 1.33 bits per heavy atom. The van der Waals surface area contributed by atoms with E-state index < -0.39 is 0 Å². The number of methoxy groups -OCH3 is 1. The van der Waals surface area contributed by atoms with Crippen molar-refractivity contribution >= 4 is 50.4 Å². The van der Waals surface area contributed by atoms with Crippen LogP contribution >= 0.6 is 22.9 Å². The lowest BCUT2D eigenvalue weighted by atomic mass is 10.1. The number of aromatic amines is 1. The van der Waals surface area contributed by atoms with Crippen molar-refractivity contribution in [1.29, 1.82) is 0 Å². The molecule has 3 rings (SSSR count). The predicted octanol–water partition coefficient (Wildman–Crippen LogP) is 3.83. The van der Waals surface area contributed by atoms with Crippen molar-refractivity contribution in [2.45, 2.75) is 13.8 Å². The normalized spacial score (nSPS) is 10.8. The summed E-state index contributed by atoms with van der Waals surface area (Å²) in [7, 11) is 1.54. The Labute approximate surface area is 148 Å². The molecule has 0 radical (unpaired) electrons. The summed E-state index contributed by atoms with van der Waals surface area (Å²) in [5, 5.41) is 4.22. The number of fused-ring (bicyclic) bond motifs is 1. The van der Waals surface area contributed by atoms with E-state index in [1.54, 1.807) is 18.2 Å². The van der Waals surface area contributed by atoms with Crippen LogP contribution in [0.3, 0.4) is 0 Å². The predicted molar refractivity (Wildman–Crippen MR) is 98.2 cm³/mol. The molecule has 2 heterocycles. The van der Waals surface area contributed by atoms with Gasteiger partial charge in [0.2, 0.25) is 0 Å². The number of halogens is 1. The number of aryl methyl sites for hydroxylation is 2. The van der Waals surface area contributed by atoms with E-state index in [0.29, 0.717) is 27.0 Å². The lowest BCUT2D eigenvalue weighted by Crippen LogP contribution is -2.12. The number of thiophene rings is 1. The molecule has 7 heteroatoms. The van der Waals surface area contributed by atoms with Crippen LogP contribution in [0.2, 0.25) is 5.02 Å². The minimum absolute atomic E-state index is 0.292. The van der Waals surface area contributed by atoms with Crippen LogP contribution < -0.4 is 20.8 Å². The van der Waals surface area contributed by atoms with Crippen molar-refractivity contribution < 1.29 is 14.5 Å². The molecule has 24 heavy (non-hydrogen) atoms. The Hall–Kier alpha value is -2.31. The highest BCUT2D eigenvalue weighted by atomic mass is 35.5. The molecule has 3 aromatic rings. The Balaban J connectivity index is 2.02. The first kappa shape index (κ1) is 16.5. The van der Waals surface area contributed by atoms with E-state index in [2.05, 4.69) is 10.3 Å². The largest absolute Gasteiger partial charge is 0.495 e. The van der Waals surface area contributed by atoms with Crippen molar-refractivity contribution in [1.82, 2.24) is 0 Å². The number of pyridine rings is 1. The van der Waals surface area contributed by atoms with Gasteiger partial charge in [0.15, 0.2) is 5.69 Å². The highest BCUT2D eigenvalue weighted by Gasteiger charge is 2.23. The van der Waals surface area contributed by atoms with Gasteiger partial charge in [-0.05, 0) is 30.7 Å². The number of ether oxygens (including phenoxy) is 1. The van der Waals surface area contributed by atoms with Crippen molar-refractivity contribution in [2.75, 3.05) is 18.2 Å². The number of carbonyl (C=O) groups excluding carboxylic acids is 1. The summed E-state index contributed by atoms with van der Waals surface area (Å²) in [6.45, 7) is 3.95. The highest BCUT2D eigenvalue weighted by molar-refractivity contribution is 7.20. The van der Waals surface area contributed by atoms with Gasteiger partial charge in [-0.1, -0.05) is 22.9 Å². The number of hydrogen-bond donors (Lipinski definition) is 2. The summed E-state index contributed by atoms with van der Waals surface area (Å²) < 4.78 is 5.25. The highest BCUT2D eigenvalue weighted by Crippen LogP contribution is 2.35. The average molecular weight is 363 g/mol. The number of hydrogen-bond acceptors (Lipinski definition) is 4. The Kier molecular flexibility index (Phi) is 4.34. The van der Waals surface area contributed by atoms with Gasteiger partial charge in [-0.25, -0.2) is 0 Å². The van der Waals surface area contributed by atoms with Gasteiger partial charge in [0, 0.05) is 18.0 Å². The van der Waals surface area contributed by atoms with Crippen LogP contribution in [0.15, 0.2) is 24.3 Å². The quantitative estimate of drug-likeness (QED) is 0.743. The van der Waals surface area contributed by atoms with E-state index in [-0.39, 0.29) is 5.91 Å². The third-order valence-corrected chi connectivity index (χ3v) is 5.05. The van der Waals surface area contributed by atoms with Crippen molar-refractivity contribution in [3.63, 3.8) is 0 Å². The first-order chi connectivity index (χ1) is 11.4. The number of rotatable bonds is 3. The molecule has 0 spiro atoms. The molecule has 124 valence electrons. The standard InChI is InChI=1S/C17H16ClN3O2S/c1-8-6-9(2)20-17-13(8)14(19)15(24-17)16(22)21-11-7-10(18)4-5-12(11)23-3/h4-7H,19H2,1-3H3,(H,21,22)/p+1. The van der Waals surface area contributed by atoms with E-state index in [0.717, 1.165) is 21.5 Å². The number of nitrogens with two attached hydrogens (primary N) is 1. The third-order valence-electron chi connectivity index (χ3n) is 3.70. The molecular weight excluding hydrogens is 346 g/mol. The number of H-pyrrole nitrogens is 1. The van der Waals surface area contributed by atoms with Gasteiger partial charge < -0.3 is 15.8 Å². The molecule has 0 aliphatic carbocycles. The fraction of sp³-hybridized carbons (Fsp3) is 0.176. The zero-order chi connectivity index (χ0) is 17.4. The van der Waals surface area contributed by atoms with Gasteiger partial charge >= 0.3 is 0 Å². The number of anilines is 2. The zero-order valence-corrected chi connectivity index (χ0v) is 15.1. The monoisotopic (exact) mass is 362 g/mol. The molecular formula is C17H17ClN3O2S+. The molecule has 0 saturated heterocycles. The molecule has 0 aliphatic rings. The van der Waals surface area contributed by atoms with Crippen LogP contribution in [0.1, 0.15) is 20.9 Å². The lowest BCUT2D eigenvalue weighted by Gasteiger charge is -2.10. The van der Waals surface area contributed by atoms with Crippen LogP contribution in [0.5, 0.6) is 5.75 Å². The maximum Gasteiger partial charge on any atom is 0.270 e. The van der Waals surface area contributed by atoms with Gasteiger partial charge in [0.1, 0.15) is 10.6 Å². The number of benzene rings is 1. The molecule has 5 nitrogen and oxygen atoms in total. The maximum atomic E-state index is 12.7. The first-order valence-electron chi connectivity index (χ1n) is 7.27. The summed E-state index contributed by atoms with van der Waals surface area (Å²) in [6, 6.07) is 7.05. The Bertz CT molecular complexity index is 953. The van der Waals surface area contributed by atoms with Crippen LogP contribution in [-0.4, -0.2) is 13.0 Å². The third kappa shape index (κ3) is 2.90. The first-order valence-corrected chi connectivity index (χ1v) is 8.46. The van der Waals surface area contributed by atoms with Gasteiger partial charge in [0.25, 0.3) is 10.7 Å². The minimum atomic E-state index is -0.292. The van der Waals surface area contributed by atoms with Gasteiger partial charge in [0.05, 0.1) is 23.9 Å². The maximum absolute atomic E-state index is 12.7. The second kappa shape index (κ2) is 6.30. The summed E-state index contributed by atoms with van der Waals surface area (Å²) in [5.41, 5.74) is 9.25. The number of aromatic nitrogens is 1. The number of amides is 1. The van der Waals surface area contributed by atoms with Gasteiger partial charge in [-0.2, -0.15) is 4.98 Å². The fourth-order valence-corrected chi connectivity index (χ4v) is 3.98. The van der Waals surface area contributed by atoms with E-state index in [4.69, 9.17) is 22.1 Å². The van der Waals surface area contributed by atoms with Crippen LogP contribution in [0, 0.1) is 13.8 Å². The zero-order valence-electron chi connectivity index (χ0n) is 13.5. The SMILES string of the molecule is COc1ccc(Cl)cc1NC(=O)c1sc2[nH+]c(C)cc(C)c2c1N. The van der Waals surface area contributed by atoms with E-state index in [1.165, 1.54) is 18.4 Å². The molecule has 1 amide bonds. The summed E-state index contributed by atoms with van der Waals surface area (Å²) >= 11 is 7.33. The second-order valence-corrected chi connectivity index (χ2v) is 6.94. The molecule has 0 atom stereocenters. The molecule has 4 N–H and O–H groups in total. The summed E-state index contributed by atoms with van der Waals surface area (Å²) in [4.78, 5) is 17.3. The minimum Gasteiger partial charge on any atom is -0.495 e. The summed E-state index contributed by atoms with van der Waals surface area (Å²) in [5.74, 6) is 0.241. The van der Waals surface area contributed by atoms with Crippen LogP contribution in [0.25, 0.3) is 10.2 Å². The second-order valence-electron chi connectivity index (χ2n) is 5.48. The number of carbonyl (C=O) groups is 1. The van der Waals surface area contributed by atoms with E-state index in [9.17, 15) is 4.79 Å².